The predicted octanol–water partition coefficient (Wildman–Crippen LogP) is 4.93. The summed E-state index contributed by atoms with van der Waals surface area (Å²) in [5, 5.41) is 3.32. The summed E-state index contributed by atoms with van der Waals surface area (Å²) in [6.07, 6.45) is 0. The van der Waals surface area contributed by atoms with E-state index in [1.165, 1.54) is 27.8 Å². The van der Waals surface area contributed by atoms with Crippen molar-refractivity contribution in [1.82, 2.24) is 0 Å². The molecule has 0 bridgehead atoms. The summed E-state index contributed by atoms with van der Waals surface area (Å²) in [7, 11) is 0. The summed E-state index contributed by atoms with van der Waals surface area (Å²) in [5.41, 5.74) is 2.38. The number of benzene rings is 2. The zero-order chi connectivity index (χ0) is 13.2. The Balaban J connectivity index is 1.84. The molecular weight excluding hydrogens is 259 g/mol. The molecule has 0 saturated carbocycles. The lowest BCUT2D eigenvalue weighted by atomic mass is 10.1. The topological polar surface area (TPSA) is 9.23 Å². The molecule has 0 atom stereocenters. The monoisotopic (exact) mass is 272 g/mol. The smallest absolute Gasteiger partial charge is 0.126 e. The summed E-state index contributed by atoms with van der Waals surface area (Å²) in [6, 6.07) is 12.6. The lowest BCUT2D eigenvalue weighted by Gasteiger charge is -2.05. The van der Waals surface area contributed by atoms with Crippen molar-refractivity contribution in [3.8, 4) is 5.75 Å². The summed E-state index contributed by atoms with van der Waals surface area (Å²) >= 11 is 1.71. The molecule has 3 rings (SSSR count). The van der Waals surface area contributed by atoms with Crippen molar-refractivity contribution < 1.29 is 9.13 Å². The second kappa shape index (κ2) is 5.02. The average Bonchev–Trinajstić information content (AvgIpc) is 2.79. The van der Waals surface area contributed by atoms with Crippen LogP contribution < -0.4 is 4.74 Å². The predicted molar refractivity (Wildman–Crippen MR) is 77.3 cm³/mol. The van der Waals surface area contributed by atoms with E-state index < -0.39 is 0 Å². The molecule has 0 unspecified atom stereocenters. The van der Waals surface area contributed by atoms with Crippen LogP contribution in [-0.2, 0) is 6.61 Å². The van der Waals surface area contributed by atoms with Gasteiger partial charge < -0.3 is 4.74 Å². The van der Waals surface area contributed by atoms with Gasteiger partial charge in [0.1, 0.15) is 18.2 Å². The van der Waals surface area contributed by atoms with E-state index in [0.717, 1.165) is 5.56 Å². The molecule has 0 saturated heterocycles. The minimum absolute atomic E-state index is 0.275. The Bertz CT molecular complexity index is 718. The first-order chi connectivity index (χ1) is 9.22. The van der Waals surface area contributed by atoms with Crippen LogP contribution in [0.4, 0.5) is 4.39 Å². The molecule has 0 N–H and O–H groups in total. The molecule has 96 valence electrons. The number of aryl methyl sites for hydroxylation is 1. The normalized spacial score (nSPS) is 10.8. The minimum Gasteiger partial charge on any atom is -0.489 e. The highest BCUT2D eigenvalue weighted by atomic mass is 32.1. The van der Waals surface area contributed by atoms with Crippen molar-refractivity contribution in [3.05, 3.63) is 64.8 Å². The van der Waals surface area contributed by atoms with E-state index in [2.05, 4.69) is 30.5 Å². The molecule has 0 fully saturated rings. The number of hydrogen-bond acceptors (Lipinski definition) is 2. The Kier molecular flexibility index (Phi) is 3.22. The lowest BCUT2D eigenvalue weighted by Crippen LogP contribution is -1.94. The number of thiophene rings is 1. The first kappa shape index (κ1) is 12.2. The third-order valence-corrected chi connectivity index (χ3v) is 4.01. The summed E-state index contributed by atoms with van der Waals surface area (Å²) in [4.78, 5) is 0. The van der Waals surface area contributed by atoms with E-state index in [-0.39, 0.29) is 5.82 Å². The van der Waals surface area contributed by atoms with E-state index >= 15 is 0 Å². The van der Waals surface area contributed by atoms with Crippen LogP contribution in [0.25, 0.3) is 10.1 Å². The van der Waals surface area contributed by atoms with Gasteiger partial charge in [-0.05, 0) is 35.9 Å². The quantitative estimate of drug-likeness (QED) is 0.657. The Labute approximate surface area is 115 Å². The standard InChI is InChI=1S/C16H13FOS/c1-11-5-6-16-15(7-11)12(10-19-16)9-18-14-4-2-3-13(17)8-14/h2-8,10H,9H2,1H3. The lowest BCUT2D eigenvalue weighted by molar-refractivity contribution is 0.306. The number of rotatable bonds is 3. The van der Waals surface area contributed by atoms with E-state index in [4.69, 9.17) is 4.74 Å². The van der Waals surface area contributed by atoms with Crippen molar-refractivity contribution >= 4 is 21.4 Å². The fourth-order valence-electron chi connectivity index (χ4n) is 2.03. The van der Waals surface area contributed by atoms with Crippen LogP contribution in [-0.4, -0.2) is 0 Å². The first-order valence-electron chi connectivity index (χ1n) is 6.07. The number of ether oxygens (including phenoxy) is 1. The van der Waals surface area contributed by atoms with Gasteiger partial charge in [-0.3, -0.25) is 0 Å². The zero-order valence-corrected chi connectivity index (χ0v) is 11.3. The molecule has 0 aliphatic heterocycles. The summed E-state index contributed by atoms with van der Waals surface area (Å²) in [5.74, 6) is 0.288. The summed E-state index contributed by atoms with van der Waals surface area (Å²) in [6.45, 7) is 2.54. The molecule has 2 aromatic carbocycles. The molecule has 0 aliphatic carbocycles. The van der Waals surface area contributed by atoms with Gasteiger partial charge in [-0.2, -0.15) is 0 Å². The van der Waals surface area contributed by atoms with Gasteiger partial charge in [0, 0.05) is 16.3 Å². The highest BCUT2D eigenvalue weighted by Crippen LogP contribution is 2.28. The van der Waals surface area contributed by atoms with E-state index in [1.807, 2.05) is 0 Å². The fraction of sp³-hybridized carbons (Fsp3) is 0.125. The van der Waals surface area contributed by atoms with Crippen LogP contribution in [0.3, 0.4) is 0 Å². The maximum absolute atomic E-state index is 13.1. The SMILES string of the molecule is Cc1ccc2scc(COc3cccc(F)c3)c2c1. The Morgan fingerprint density at radius 1 is 1.16 bits per heavy atom. The molecule has 0 aliphatic rings. The van der Waals surface area contributed by atoms with Crippen molar-refractivity contribution in [2.75, 3.05) is 0 Å². The highest BCUT2D eigenvalue weighted by molar-refractivity contribution is 7.17. The second-order valence-electron chi connectivity index (χ2n) is 4.51. The molecule has 0 spiro atoms. The van der Waals surface area contributed by atoms with Crippen LogP contribution in [0.5, 0.6) is 5.75 Å². The Morgan fingerprint density at radius 2 is 2.05 bits per heavy atom. The molecule has 1 heterocycles. The zero-order valence-electron chi connectivity index (χ0n) is 10.5. The average molecular weight is 272 g/mol. The third-order valence-electron chi connectivity index (χ3n) is 3.00. The Morgan fingerprint density at radius 3 is 2.89 bits per heavy atom. The molecule has 0 radical (unpaired) electrons. The first-order valence-corrected chi connectivity index (χ1v) is 6.95. The van der Waals surface area contributed by atoms with Gasteiger partial charge in [0.25, 0.3) is 0 Å². The van der Waals surface area contributed by atoms with E-state index in [1.54, 1.807) is 23.5 Å². The van der Waals surface area contributed by atoms with Crippen molar-refractivity contribution in [1.29, 1.82) is 0 Å². The largest absolute Gasteiger partial charge is 0.489 e. The van der Waals surface area contributed by atoms with Gasteiger partial charge in [-0.1, -0.05) is 23.8 Å². The molecule has 19 heavy (non-hydrogen) atoms. The van der Waals surface area contributed by atoms with Gasteiger partial charge >= 0.3 is 0 Å². The van der Waals surface area contributed by atoms with Gasteiger partial charge in [0.05, 0.1) is 0 Å². The van der Waals surface area contributed by atoms with Crippen LogP contribution >= 0.6 is 11.3 Å². The Hall–Kier alpha value is -1.87. The minimum atomic E-state index is -0.275. The highest BCUT2D eigenvalue weighted by Gasteiger charge is 2.05. The maximum Gasteiger partial charge on any atom is 0.126 e. The maximum atomic E-state index is 13.1. The fourth-order valence-corrected chi connectivity index (χ4v) is 2.95. The van der Waals surface area contributed by atoms with Gasteiger partial charge in [0.15, 0.2) is 0 Å². The molecule has 1 aromatic heterocycles. The molecule has 3 aromatic rings. The number of hydrogen-bond donors (Lipinski definition) is 0. The van der Waals surface area contributed by atoms with Crippen molar-refractivity contribution in [3.63, 3.8) is 0 Å². The summed E-state index contributed by atoms with van der Waals surface area (Å²) < 4.78 is 20.0. The molecular formula is C16H13FOS. The van der Waals surface area contributed by atoms with Gasteiger partial charge in [-0.25, -0.2) is 4.39 Å². The van der Waals surface area contributed by atoms with Crippen LogP contribution in [0.1, 0.15) is 11.1 Å². The van der Waals surface area contributed by atoms with Crippen molar-refractivity contribution in [2.24, 2.45) is 0 Å². The second-order valence-corrected chi connectivity index (χ2v) is 5.42. The molecule has 0 amide bonds. The molecule has 3 heteroatoms. The molecule has 1 nitrogen and oxygen atoms in total. The number of halogens is 1. The van der Waals surface area contributed by atoms with Gasteiger partial charge in [0.2, 0.25) is 0 Å². The van der Waals surface area contributed by atoms with E-state index in [0.29, 0.717) is 12.4 Å². The number of fused-ring (bicyclic) bond motifs is 1. The van der Waals surface area contributed by atoms with Gasteiger partial charge in [-0.15, -0.1) is 11.3 Å². The van der Waals surface area contributed by atoms with Crippen LogP contribution in [0.2, 0.25) is 0 Å². The van der Waals surface area contributed by atoms with E-state index in [9.17, 15) is 4.39 Å². The van der Waals surface area contributed by atoms with Crippen LogP contribution in [0.15, 0.2) is 47.8 Å². The van der Waals surface area contributed by atoms with Crippen molar-refractivity contribution in [2.45, 2.75) is 13.5 Å². The van der Waals surface area contributed by atoms with Crippen LogP contribution in [0, 0.1) is 12.7 Å². The third kappa shape index (κ3) is 2.61.